The maximum atomic E-state index is 12.2. The topological polar surface area (TPSA) is 76.7 Å². The Morgan fingerprint density at radius 2 is 1.74 bits per heavy atom. The fourth-order valence-corrected chi connectivity index (χ4v) is 3.08. The van der Waals surface area contributed by atoms with Gasteiger partial charge in [0.15, 0.2) is 11.7 Å². The summed E-state index contributed by atoms with van der Waals surface area (Å²) in [5.74, 6) is 0.267. The second-order valence-corrected chi connectivity index (χ2v) is 7.81. The Labute approximate surface area is 189 Å². The van der Waals surface area contributed by atoms with E-state index in [0.29, 0.717) is 29.5 Å². The highest BCUT2D eigenvalue weighted by atomic mass is 32.1. The Kier molecular flexibility index (Phi) is 9.97. The second-order valence-electron chi connectivity index (χ2n) is 7.40. The zero-order chi connectivity index (χ0) is 22.6. The van der Waals surface area contributed by atoms with E-state index in [2.05, 4.69) is 31.4 Å². The smallest absolute Gasteiger partial charge is 0.338 e. The van der Waals surface area contributed by atoms with E-state index in [9.17, 15) is 9.59 Å². The van der Waals surface area contributed by atoms with Gasteiger partial charge >= 0.3 is 5.97 Å². The molecular weight excluding hydrogens is 412 g/mol. The van der Waals surface area contributed by atoms with Crippen molar-refractivity contribution >= 4 is 34.9 Å². The summed E-state index contributed by atoms with van der Waals surface area (Å²) in [5.41, 5.74) is 2.16. The molecule has 0 atom stereocenters. The SMILES string of the molecule is CCCCCOC(=O)c1ccc(NC(=S)NC(=O)COc2ccccc2C(C)C)cc1. The molecule has 0 saturated heterocycles. The Balaban J connectivity index is 1.79. The Morgan fingerprint density at radius 3 is 2.42 bits per heavy atom. The van der Waals surface area contributed by atoms with Crippen LogP contribution in [0.2, 0.25) is 0 Å². The van der Waals surface area contributed by atoms with Crippen molar-refractivity contribution in [2.24, 2.45) is 0 Å². The van der Waals surface area contributed by atoms with Gasteiger partial charge in [0.2, 0.25) is 0 Å². The summed E-state index contributed by atoms with van der Waals surface area (Å²) in [6, 6.07) is 14.4. The maximum absolute atomic E-state index is 12.2. The molecule has 0 aromatic heterocycles. The van der Waals surface area contributed by atoms with Crippen LogP contribution < -0.4 is 15.4 Å². The molecule has 31 heavy (non-hydrogen) atoms. The van der Waals surface area contributed by atoms with Crippen molar-refractivity contribution in [3.63, 3.8) is 0 Å². The van der Waals surface area contributed by atoms with Crippen LogP contribution in [-0.4, -0.2) is 30.2 Å². The van der Waals surface area contributed by atoms with Crippen molar-refractivity contribution in [3.8, 4) is 5.75 Å². The molecule has 0 aliphatic heterocycles. The van der Waals surface area contributed by atoms with Crippen LogP contribution in [0, 0.1) is 0 Å². The summed E-state index contributed by atoms with van der Waals surface area (Å²) in [6.45, 7) is 6.51. The Bertz CT molecular complexity index is 881. The van der Waals surface area contributed by atoms with E-state index < -0.39 is 0 Å². The van der Waals surface area contributed by atoms with Crippen LogP contribution in [0.4, 0.5) is 5.69 Å². The van der Waals surface area contributed by atoms with Crippen molar-refractivity contribution < 1.29 is 19.1 Å². The largest absolute Gasteiger partial charge is 0.483 e. The van der Waals surface area contributed by atoms with Gasteiger partial charge in [0.25, 0.3) is 5.91 Å². The number of hydrogen-bond donors (Lipinski definition) is 2. The molecule has 0 spiro atoms. The van der Waals surface area contributed by atoms with E-state index in [1.807, 2.05) is 24.3 Å². The lowest BCUT2D eigenvalue weighted by Crippen LogP contribution is -2.37. The normalized spacial score (nSPS) is 10.5. The van der Waals surface area contributed by atoms with Crippen molar-refractivity contribution in [1.82, 2.24) is 5.32 Å². The fourth-order valence-electron chi connectivity index (χ4n) is 2.85. The number of hydrogen-bond acceptors (Lipinski definition) is 5. The van der Waals surface area contributed by atoms with Gasteiger partial charge in [-0.2, -0.15) is 0 Å². The first-order valence-corrected chi connectivity index (χ1v) is 10.9. The molecule has 0 aliphatic rings. The van der Waals surface area contributed by atoms with Gasteiger partial charge in [0.1, 0.15) is 5.75 Å². The molecule has 2 N–H and O–H groups in total. The number of nitrogens with one attached hydrogen (secondary N) is 2. The number of unbranched alkanes of at least 4 members (excludes halogenated alkanes) is 2. The third kappa shape index (κ3) is 8.38. The molecule has 2 aromatic rings. The number of esters is 1. The number of carbonyl (C=O) groups is 2. The molecule has 0 fully saturated rings. The number of carbonyl (C=O) groups excluding carboxylic acids is 2. The molecule has 0 saturated carbocycles. The van der Waals surface area contributed by atoms with Gasteiger partial charge in [0.05, 0.1) is 12.2 Å². The molecule has 2 rings (SSSR count). The lowest BCUT2D eigenvalue weighted by molar-refractivity contribution is -0.121. The minimum absolute atomic E-state index is 0.144. The molecule has 0 aliphatic carbocycles. The van der Waals surface area contributed by atoms with E-state index in [1.54, 1.807) is 24.3 Å². The summed E-state index contributed by atoms with van der Waals surface area (Å²) >= 11 is 5.19. The minimum Gasteiger partial charge on any atom is -0.483 e. The Hall–Kier alpha value is -2.93. The van der Waals surface area contributed by atoms with Crippen molar-refractivity contribution in [3.05, 3.63) is 59.7 Å². The van der Waals surface area contributed by atoms with Gasteiger partial charge in [-0.15, -0.1) is 0 Å². The maximum Gasteiger partial charge on any atom is 0.338 e. The molecule has 6 nitrogen and oxygen atoms in total. The van der Waals surface area contributed by atoms with Crippen LogP contribution in [0.1, 0.15) is 61.9 Å². The lowest BCUT2D eigenvalue weighted by Gasteiger charge is -2.14. The first kappa shape index (κ1) is 24.3. The molecule has 0 unspecified atom stereocenters. The van der Waals surface area contributed by atoms with Gasteiger partial charge in [-0.1, -0.05) is 51.8 Å². The summed E-state index contributed by atoms with van der Waals surface area (Å²) in [6.07, 6.45) is 2.98. The van der Waals surface area contributed by atoms with Crippen LogP contribution in [0.5, 0.6) is 5.75 Å². The molecular formula is C24H30N2O4S. The molecule has 7 heteroatoms. The van der Waals surface area contributed by atoms with Crippen molar-refractivity contribution in [2.75, 3.05) is 18.5 Å². The molecule has 0 heterocycles. The lowest BCUT2D eigenvalue weighted by atomic mass is 10.0. The summed E-state index contributed by atoms with van der Waals surface area (Å²) in [7, 11) is 0. The highest BCUT2D eigenvalue weighted by Gasteiger charge is 2.11. The molecule has 0 radical (unpaired) electrons. The van der Waals surface area contributed by atoms with E-state index in [1.165, 1.54) is 0 Å². The number of anilines is 1. The highest BCUT2D eigenvalue weighted by Crippen LogP contribution is 2.25. The average Bonchev–Trinajstić information content (AvgIpc) is 2.75. The van der Waals surface area contributed by atoms with Crippen LogP contribution >= 0.6 is 12.2 Å². The van der Waals surface area contributed by atoms with Gasteiger partial charge in [-0.3, -0.25) is 10.1 Å². The van der Waals surface area contributed by atoms with E-state index in [4.69, 9.17) is 21.7 Å². The van der Waals surface area contributed by atoms with E-state index in [0.717, 1.165) is 24.8 Å². The van der Waals surface area contributed by atoms with E-state index in [-0.39, 0.29) is 23.6 Å². The number of amides is 1. The second kappa shape index (κ2) is 12.7. The monoisotopic (exact) mass is 442 g/mol. The predicted molar refractivity (Wildman–Crippen MR) is 127 cm³/mol. The van der Waals surface area contributed by atoms with Gasteiger partial charge in [0, 0.05) is 5.69 Å². The fraction of sp³-hybridized carbons (Fsp3) is 0.375. The number of benzene rings is 2. The standard InChI is InChI=1S/C24H30N2O4S/c1-4-5-8-15-29-23(28)18-11-13-19(14-12-18)25-24(31)26-22(27)16-30-21-10-7-6-9-20(21)17(2)3/h6-7,9-14,17H,4-5,8,15-16H2,1-3H3,(H2,25,26,27,31). The number of rotatable bonds is 10. The molecule has 2 aromatic carbocycles. The third-order valence-electron chi connectivity index (χ3n) is 4.51. The summed E-state index contributed by atoms with van der Waals surface area (Å²) in [4.78, 5) is 24.2. The first-order valence-electron chi connectivity index (χ1n) is 10.5. The number of para-hydroxylation sites is 1. The molecule has 1 amide bonds. The molecule has 0 bridgehead atoms. The highest BCUT2D eigenvalue weighted by molar-refractivity contribution is 7.80. The minimum atomic E-state index is -0.358. The number of ether oxygens (including phenoxy) is 2. The zero-order valence-corrected chi connectivity index (χ0v) is 19.1. The van der Waals surface area contributed by atoms with Crippen molar-refractivity contribution in [2.45, 2.75) is 46.0 Å². The zero-order valence-electron chi connectivity index (χ0n) is 18.3. The summed E-state index contributed by atoms with van der Waals surface area (Å²) < 4.78 is 10.9. The summed E-state index contributed by atoms with van der Waals surface area (Å²) in [5, 5.41) is 5.66. The van der Waals surface area contributed by atoms with E-state index >= 15 is 0 Å². The van der Waals surface area contributed by atoms with Gasteiger partial charge < -0.3 is 14.8 Å². The van der Waals surface area contributed by atoms with Gasteiger partial charge in [-0.05, 0) is 60.5 Å². The van der Waals surface area contributed by atoms with Crippen LogP contribution in [-0.2, 0) is 9.53 Å². The van der Waals surface area contributed by atoms with Crippen LogP contribution in [0.15, 0.2) is 48.5 Å². The van der Waals surface area contributed by atoms with Gasteiger partial charge in [-0.25, -0.2) is 4.79 Å². The first-order chi connectivity index (χ1) is 14.9. The van der Waals surface area contributed by atoms with Crippen LogP contribution in [0.25, 0.3) is 0 Å². The average molecular weight is 443 g/mol. The molecule has 166 valence electrons. The third-order valence-corrected chi connectivity index (χ3v) is 4.72. The predicted octanol–water partition coefficient (Wildman–Crippen LogP) is 5.05. The Morgan fingerprint density at radius 1 is 1.03 bits per heavy atom. The van der Waals surface area contributed by atoms with Crippen molar-refractivity contribution in [1.29, 1.82) is 0 Å². The number of thiocarbonyl (C=S) groups is 1. The quantitative estimate of drug-likeness (QED) is 0.305. The van der Waals surface area contributed by atoms with Crippen LogP contribution in [0.3, 0.4) is 0 Å².